The lowest BCUT2D eigenvalue weighted by Crippen LogP contribution is -2.44. The van der Waals surface area contributed by atoms with Gasteiger partial charge in [0.05, 0.1) is 7.11 Å². The van der Waals surface area contributed by atoms with Crippen LogP contribution >= 0.6 is 0 Å². The van der Waals surface area contributed by atoms with Crippen LogP contribution in [-0.4, -0.2) is 43.6 Å². The minimum Gasteiger partial charge on any atom is -0.496 e. The van der Waals surface area contributed by atoms with E-state index in [0.29, 0.717) is 6.04 Å². The highest BCUT2D eigenvalue weighted by atomic mass is 16.5. The highest BCUT2D eigenvalue weighted by Gasteiger charge is 2.19. The molecule has 22 heavy (non-hydrogen) atoms. The lowest BCUT2D eigenvalue weighted by Gasteiger charge is -2.31. The molecule has 2 rings (SSSR count). The number of amides is 1. The van der Waals surface area contributed by atoms with E-state index in [1.807, 2.05) is 24.3 Å². The van der Waals surface area contributed by atoms with Crippen LogP contribution in [0.3, 0.4) is 0 Å². The Hall–Kier alpha value is -1.81. The van der Waals surface area contributed by atoms with Gasteiger partial charge < -0.3 is 15.0 Å². The summed E-state index contributed by atoms with van der Waals surface area (Å²) in [5.74, 6) is 0.749. The Balaban J connectivity index is 1.82. The van der Waals surface area contributed by atoms with Gasteiger partial charge in [-0.2, -0.15) is 0 Å². The number of piperidine rings is 1. The van der Waals surface area contributed by atoms with Crippen LogP contribution in [0, 0.1) is 0 Å². The predicted molar refractivity (Wildman–Crippen MR) is 89.9 cm³/mol. The first-order valence-electron chi connectivity index (χ1n) is 8.07. The van der Waals surface area contributed by atoms with Gasteiger partial charge in [-0.25, -0.2) is 0 Å². The highest BCUT2D eigenvalue weighted by Crippen LogP contribution is 2.18. The Bertz CT molecular complexity index is 506. The molecule has 0 spiro atoms. The molecule has 0 radical (unpaired) electrons. The lowest BCUT2D eigenvalue weighted by molar-refractivity contribution is -0.117. The minimum absolute atomic E-state index is 0.0279. The number of carbonyl (C=O) groups is 1. The van der Waals surface area contributed by atoms with Crippen LogP contribution in [0.5, 0.6) is 5.75 Å². The zero-order valence-electron chi connectivity index (χ0n) is 13.5. The van der Waals surface area contributed by atoms with E-state index in [2.05, 4.69) is 17.1 Å². The van der Waals surface area contributed by atoms with Crippen LogP contribution in [-0.2, 0) is 4.79 Å². The number of hydrogen-bond acceptors (Lipinski definition) is 3. The third kappa shape index (κ3) is 4.88. The van der Waals surface area contributed by atoms with E-state index in [-0.39, 0.29) is 5.91 Å². The second-order valence-electron chi connectivity index (χ2n) is 5.70. The molecular formula is C18H26N2O2. The summed E-state index contributed by atoms with van der Waals surface area (Å²) in [7, 11) is 1.64. The summed E-state index contributed by atoms with van der Waals surface area (Å²) in [6.45, 7) is 5.52. The van der Waals surface area contributed by atoms with Crippen molar-refractivity contribution in [1.29, 1.82) is 0 Å². The average Bonchev–Trinajstić information content (AvgIpc) is 2.55. The highest BCUT2D eigenvalue weighted by molar-refractivity contribution is 5.92. The van der Waals surface area contributed by atoms with Gasteiger partial charge in [-0.3, -0.25) is 4.79 Å². The summed E-state index contributed by atoms with van der Waals surface area (Å²) in [5, 5.41) is 3.10. The van der Waals surface area contributed by atoms with Crippen molar-refractivity contribution in [3.05, 3.63) is 35.9 Å². The SMILES string of the molecule is CCCN1CCC(NC(=O)/C=C/c2ccccc2OC)CC1. The average molecular weight is 302 g/mol. The summed E-state index contributed by atoms with van der Waals surface area (Å²) < 4.78 is 5.27. The van der Waals surface area contributed by atoms with Crippen molar-refractivity contribution in [1.82, 2.24) is 10.2 Å². The Labute approximate surface area is 133 Å². The number of likely N-dealkylation sites (tertiary alicyclic amines) is 1. The molecule has 1 fully saturated rings. The van der Waals surface area contributed by atoms with Crippen LogP contribution in [0.4, 0.5) is 0 Å². The first kappa shape index (κ1) is 16.6. The molecule has 1 aromatic carbocycles. The van der Waals surface area contributed by atoms with Gasteiger partial charge in [0, 0.05) is 30.8 Å². The third-order valence-corrected chi connectivity index (χ3v) is 4.03. The largest absolute Gasteiger partial charge is 0.496 e. The van der Waals surface area contributed by atoms with Crippen molar-refractivity contribution in [2.75, 3.05) is 26.7 Å². The van der Waals surface area contributed by atoms with Gasteiger partial charge in [0.25, 0.3) is 0 Å². The van der Waals surface area contributed by atoms with Crippen LogP contribution in [0.2, 0.25) is 0 Å². The van der Waals surface area contributed by atoms with Gasteiger partial charge in [-0.15, -0.1) is 0 Å². The number of carbonyl (C=O) groups excluding carboxylic acids is 1. The van der Waals surface area contributed by atoms with E-state index in [4.69, 9.17) is 4.74 Å². The van der Waals surface area contributed by atoms with E-state index in [1.165, 1.54) is 6.42 Å². The van der Waals surface area contributed by atoms with Crippen molar-refractivity contribution in [2.45, 2.75) is 32.2 Å². The number of nitrogens with zero attached hydrogens (tertiary/aromatic N) is 1. The number of hydrogen-bond donors (Lipinski definition) is 1. The molecule has 1 heterocycles. The Kier molecular flexibility index (Phi) is 6.46. The van der Waals surface area contributed by atoms with Gasteiger partial charge in [-0.1, -0.05) is 25.1 Å². The quantitative estimate of drug-likeness (QED) is 0.822. The summed E-state index contributed by atoms with van der Waals surface area (Å²) in [5.41, 5.74) is 0.915. The first-order chi connectivity index (χ1) is 10.7. The fourth-order valence-electron chi connectivity index (χ4n) is 2.84. The summed E-state index contributed by atoms with van der Waals surface area (Å²) in [6, 6.07) is 7.97. The van der Waals surface area contributed by atoms with Gasteiger partial charge in [0.1, 0.15) is 5.75 Å². The maximum atomic E-state index is 12.0. The van der Waals surface area contributed by atoms with Crippen molar-refractivity contribution in [3.8, 4) is 5.75 Å². The first-order valence-corrected chi connectivity index (χ1v) is 8.07. The molecular weight excluding hydrogens is 276 g/mol. The molecule has 1 saturated heterocycles. The van der Waals surface area contributed by atoms with Gasteiger partial charge in [0.15, 0.2) is 0 Å². The van der Waals surface area contributed by atoms with E-state index in [0.717, 1.165) is 43.8 Å². The fraction of sp³-hybridized carbons (Fsp3) is 0.500. The molecule has 0 aliphatic carbocycles. The summed E-state index contributed by atoms with van der Waals surface area (Å²) in [6.07, 6.45) is 6.66. The maximum Gasteiger partial charge on any atom is 0.244 e. The smallest absolute Gasteiger partial charge is 0.244 e. The van der Waals surface area contributed by atoms with E-state index >= 15 is 0 Å². The maximum absolute atomic E-state index is 12.0. The molecule has 0 aromatic heterocycles. The van der Waals surface area contributed by atoms with Gasteiger partial charge >= 0.3 is 0 Å². The molecule has 0 saturated carbocycles. The number of ether oxygens (including phenoxy) is 1. The topological polar surface area (TPSA) is 41.6 Å². The standard InChI is InChI=1S/C18H26N2O2/c1-3-12-20-13-10-16(11-14-20)19-18(21)9-8-15-6-4-5-7-17(15)22-2/h4-9,16H,3,10-14H2,1-2H3,(H,19,21)/b9-8+. The fourth-order valence-corrected chi connectivity index (χ4v) is 2.84. The Morgan fingerprint density at radius 3 is 2.77 bits per heavy atom. The van der Waals surface area contributed by atoms with Crippen molar-refractivity contribution in [2.24, 2.45) is 0 Å². The van der Waals surface area contributed by atoms with Crippen LogP contribution in [0.1, 0.15) is 31.7 Å². The van der Waals surface area contributed by atoms with Gasteiger partial charge in [-0.05, 0) is 37.9 Å². The van der Waals surface area contributed by atoms with Crippen LogP contribution in [0.15, 0.2) is 30.3 Å². The Morgan fingerprint density at radius 2 is 2.09 bits per heavy atom. The molecule has 0 bridgehead atoms. The molecule has 4 heteroatoms. The lowest BCUT2D eigenvalue weighted by atomic mass is 10.0. The normalized spacial score (nSPS) is 16.8. The molecule has 4 nitrogen and oxygen atoms in total. The molecule has 0 atom stereocenters. The van der Waals surface area contributed by atoms with E-state index in [9.17, 15) is 4.79 Å². The summed E-state index contributed by atoms with van der Waals surface area (Å²) in [4.78, 5) is 14.5. The molecule has 1 aromatic rings. The van der Waals surface area contributed by atoms with E-state index < -0.39 is 0 Å². The zero-order valence-corrected chi connectivity index (χ0v) is 13.5. The number of para-hydroxylation sites is 1. The molecule has 120 valence electrons. The predicted octanol–water partition coefficient (Wildman–Crippen LogP) is 2.70. The molecule has 1 aliphatic rings. The van der Waals surface area contributed by atoms with Crippen LogP contribution in [0.25, 0.3) is 6.08 Å². The zero-order chi connectivity index (χ0) is 15.8. The van der Waals surface area contributed by atoms with Crippen molar-refractivity contribution >= 4 is 12.0 Å². The second-order valence-corrected chi connectivity index (χ2v) is 5.70. The molecule has 1 aliphatic heterocycles. The number of nitrogens with one attached hydrogen (secondary N) is 1. The molecule has 0 unspecified atom stereocenters. The van der Waals surface area contributed by atoms with Gasteiger partial charge in [0.2, 0.25) is 5.91 Å². The van der Waals surface area contributed by atoms with Crippen LogP contribution < -0.4 is 10.1 Å². The van der Waals surface area contributed by atoms with Crippen molar-refractivity contribution < 1.29 is 9.53 Å². The monoisotopic (exact) mass is 302 g/mol. The van der Waals surface area contributed by atoms with Crippen molar-refractivity contribution in [3.63, 3.8) is 0 Å². The number of rotatable bonds is 6. The third-order valence-electron chi connectivity index (χ3n) is 4.03. The second kappa shape index (κ2) is 8.59. The molecule has 1 amide bonds. The summed E-state index contributed by atoms with van der Waals surface area (Å²) >= 11 is 0. The van der Waals surface area contributed by atoms with E-state index in [1.54, 1.807) is 19.3 Å². The Morgan fingerprint density at radius 1 is 1.36 bits per heavy atom. The number of methoxy groups -OCH3 is 1. The number of benzene rings is 1. The molecule has 1 N–H and O–H groups in total. The minimum atomic E-state index is -0.0279.